The van der Waals surface area contributed by atoms with Gasteiger partial charge in [-0.3, -0.25) is 0 Å². The second kappa shape index (κ2) is 6.95. The summed E-state index contributed by atoms with van der Waals surface area (Å²) in [5.74, 6) is 0. The van der Waals surface area contributed by atoms with E-state index in [4.69, 9.17) is 5.73 Å². The molecule has 4 nitrogen and oxygen atoms in total. The number of rotatable bonds is 5. The smallest absolute Gasteiger partial charge is 0.398 e. The molecule has 2 rings (SSSR count). The van der Waals surface area contributed by atoms with Crippen LogP contribution in [0.1, 0.15) is 19.4 Å². The highest BCUT2D eigenvalue weighted by atomic mass is 32.2. The van der Waals surface area contributed by atoms with E-state index in [1.54, 1.807) is 18.2 Å². The minimum atomic E-state index is -4.73. The molecule has 2 aromatic carbocycles. The Morgan fingerprint density at radius 1 is 1.04 bits per heavy atom. The Bertz CT molecular complexity index is 860. The zero-order valence-corrected chi connectivity index (χ0v) is 14.7. The Kier molecular flexibility index (Phi) is 5.31. The quantitative estimate of drug-likeness (QED) is 0.807. The summed E-state index contributed by atoms with van der Waals surface area (Å²) >= 11 is 0. The molecule has 0 aromatic heterocycles. The van der Waals surface area contributed by atoms with Crippen molar-refractivity contribution in [2.24, 2.45) is 0 Å². The maximum absolute atomic E-state index is 13.1. The molecule has 0 unspecified atom stereocenters. The minimum Gasteiger partial charge on any atom is -0.398 e. The molecule has 0 amide bonds. The van der Waals surface area contributed by atoms with Crippen molar-refractivity contribution in [2.45, 2.75) is 29.8 Å². The number of halogens is 3. The molecule has 0 aliphatic rings. The van der Waals surface area contributed by atoms with Crippen LogP contribution in [0.15, 0.2) is 52.3 Å². The zero-order valence-electron chi connectivity index (χ0n) is 13.8. The molecule has 0 atom stereocenters. The van der Waals surface area contributed by atoms with Gasteiger partial charge >= 0.3 is 6.18 Å². The Labute approximate surface area is 145 Å². The van der Waals surface area contributed by atoms with Crippen molar-refractivity contribution < 1.29 is 21.6 Å². The third-order valence-electron chi connectivity index (χ3n) is 3.90. The van der Waals surface area contributed by atoms with E-state index in [0.717, 1.165) is 12.1 Å². The summed E-state index contributed by atoms with van der Waals surface area (Å²) < 4.78 is 65.1. The number of anilines is 2. The van der Waals surface area contributed by atoms with Crippen LogP contribution in [-0.4, -0.2) is 21.5 Å². The summed E-state index contributed by atoms with van der Waals surface area (Å²) in [5, 5.41) is 0. The van der Waals surface area contributed by atoms with Crippen molar-refractivity contribution in [3.63, 3.8) is 0 Å². The van der Waals surface area contributed by atoms with E-state index in [2.05, 4.69) is 0 Å². The largest absolute Gasteiger partial charge is 0.418 e. The lowest BCUT2D eigenvalue weighted by Gasteiger charge is -2.24. The van der Waals surface area contributed by atoms with Crippen molar-refractivity contribution in [3.8, 4) is 0 Å². The van der Waals surface area contributed by atoms with Gasteiger partial charge in [0.25, 0.3) is 0 Å². The summed E-state index contributed by atoms with van der Waals surface area (Å²) in [6, 6.07) is 8.92. The van der Waals surface area contributed by atoms with E-state index in [0.29, 0.717) is 24.8 Å². The first-order valence-corrected chi connectivity index (χ1v) is 9.17. The van der Waals surface area contributed by atoms with E-state index in [-0.39, 0.29) is 4.90 Å². The van der Waals surface area contributed by atoms with Gasteiger partial charge in [0.15, 0.2) is 0 Å². The molecule has 0 radical (unpaired) electrons. The molecule has 8 heteroatoms. The van der Waals surface area contributed by atoms with Crippen LogP contribution < -0.4 is 10.6 Å². The van der Waals surface area contributed by atoms with Gasteiger partial charge in [-0.2, -0.15) is 13.2 Å². The molecule has 0 spiro atoms. The van der Waals surface area contributed by atoms with Crippen LogP contribution in [0, 0.1) is 0 Å². The average molecular weight is 372 g/mol. The second-order valence-electron chi connectivity index (χ2n) is 5.39. The lowest BCUT2D eigenvalue weighted by Crippen LogP contribution is -2.24. The normalized spacial score (nSPS) is 12.2. The molecule has 2 N–H and O–H groups in total. The van der Waals surface area contributed by atoms with Gasteiger partial charge in [0.1, 0.15) is 0 Å². The fourth-order valence-electron chi connectivity index (χ4n) is 2.58. The lowest BCUT2D eigenvalue weighted by atomic mass is 10.2. The van der Waals surface area contributed by atoms with E-state index in [9.17, 15) is 21.6 Å². The van der Waals surface area contributed by atoms with Crippen molar-refractivity contribution in [1.29, 1.82) is 0 Å². The summed E-state index contributed by atoms with van der Waals surface area (Å²) in [5.41, 5.74) is 4.14. The average Bonchev–Trinajstić information content (AvgIpc) is 2.55. The highest BCUT2D eigenvalue weighted by Gasteiger charge is 2.35. The van der Waals surface area contributed by atoms with Gasteiger partial charge in [0.05, 0.1) is 21.0 Å². The number of sulfone groups is 1. The van der Waals surface area contributed by atoms with Crippen LogP contribution in [0.3, 0.4) is 0 Å². The number of alkyl halides is 3. The van der Waals surface area contributed by atoms with Crippen LogP contribution in [0.5, 0.6) is 0 Å². The molecular weight excluding hydrogens is 353 g/mol. The van der Waals surface area contributed by atoms with Crippen molar-refractivity contribution in [1.82, 2.24) is 0 Å². The van der Waals surface area contributed by atoms with Crippen molar-refractivity contribution in [3.05, 3.63) is 48.0 Å². The standard InChI is InChI=1S/C17H19F3N2O2S/c1-3-22(4-2)15-7-5-6-8-16(15)25(23,24)12-9-10-14(21)13(11-12)17(18,19)20/h5-11H,3-4,21H2,1-2H3. The predicted molar refractivity (Wildman–Crippen MR) is 91.3 cm³/mol. The van der Waals surface area contributed by atoms with Gasteiger partial charge in [0.2, 0.25) is 9.84 Å². The van der Waals surface area contributed by atoms with E-state index < -0.39 is 32.2 Å². The summed E-state index contributed by atoms with van der Waals surface area (Å²) in [4.78, 5) is 1.36. The molecule has 0 heterocycles. The van der Waals surface area contributed by atoms with Gasteiger partial charge in [-0.25, -0.2) is 8.42 Å². The first-order chi connectivity index (χ1) is 11.6. The Morgan fingerprint density at radius 3 is 2.20 bits per heavy atom. The van der Waals surface area contributed by atoms with Crippen LogP contribution in [0.25, 0.3) is 0 Å². The Morgan fingerprint density at radius 2 is 1.64 bits per heavy atom. The van der Waals surface area contributed by atoms with E-state index >= 15 is 0 Å². The zero-order chi connectivity index (χ0) is 18.8. The summed E-state index contributed by atoms with van der Waals surface area (Å²) in [6.07, 6.45) is -4.73. The molecule has 0 aliphatic carbocycles. The van der Waals surface area contributed by atoms with Crippen LogP contribution >= 0.6 is 0 Å². The molecule has 2 aromatic rings. The number of nitrogen functional groups attached to an aromatic ring is 1. The highest BCUT2D eigenvalue weighted by Crippen LogP contribution is 2.37. The maximum atomic E-state index is 13.1. The summed E-state index contributed by atoms with van der Waals surface area (Å²) in [7, 11) is -4.13. The van der Waals surface area contributed by atoms with Gasteiger partial charge < -0.3 is 10.6 Å². The second-order valence-corrected chi connectivity index (χ2v) is 7.31. The number of benzene rings is 2. The van der Waals surface area contributed by atoms with Crippen LogP contribution in [0.4, 0.5) is 24.5 Å². The van der Waals surface area contributed by atoms with Crippen LogP contribution in [0.2, 0.25) is 0 Å². The first-order valence-electron chi connectivity index (χ1n) is 7.68. The summed E-state index contributed by atoms with van der Waals surface area (Å²) in [6.45, 7) is 4.88. The SMILES string of the molecule is CCN(CC)c1ccccc1S(=O)(=O)c1ccc(N)c(C(F)(F)F)c1. The van der Waals surface area contributed by atoms with Gasteiger partial charge in [-0.15, -0.1) is 0 Å². The number of hydrogen-bond acceptors (Lipinski definition) is 4. The number of nitrogens with zero attached hydrogens (tertiary/aromatic N) is 1. The fourth-order valence-corrected chi connectivity index (χ4v) is 4.09. The molecule has 0 saturated heterocycles. The number of hydrogen-bond donors (Lipinski definition) is 1. The minimum absolute atomic E-state index is 0.0309. The predicted octanol–water partition coefficient (Wildman–Crippen LogP) is 3.97. The maximum Gasteiger partial charge on any atom is 0.418 e. The molecule has 25 heavy (non-hydrogen) atoms. The molecule has 136 valence electrons. The fraction of sp³-hybridized carbons (Fsp3) is 0.294. The topological polar surface area (TPSA) is 63.4 Å². The van der Waals surface area contributed by atoms with Gasteiger partial charge in [-0.1, -0.05) is 12.1 Å². The van der Waals surface area contributed by atoms with E-state index in [1.807, 2.05) is 18.7 Å². The molecule has 0 aliphatic heterocycles. The highest BCUT2D eigenvalue weighted by molar-refractivity contribution is 7.91. The number of para-hydroxylation sites is 1. The lowest BCUT2D eigenvalue weighted by molar-refractivity contribution is -0.137. The van der Waals surface area contributed by atoms with Crippen molar-refractivity contribution in [2.75, 3.05) is 23.7 Å². The molecule has 0 bridgehead atoms. The van der Waals surface area contributed by atoms with Crippen LogP contribution in [-0.2, 0) is 16.0 Å². The van der Waals surface area contributed by atoms with Gasteiger partial charge in [-0.05, 0) is 44.2 Å². The van der Waals surface area contributed by atoms with Crippen molar-refractivity contribution >= 4 is 21.2 Å². The molecule has 0 fully saturated rings. The third-order valence-corrected chi connectivity index (χ3v) is 5.70. The van der Waals surface area contributed by atoms with Gasteiger partial charge in [0, 0.05) is 18.8 Å². The molecular formula is C17H19F3N2O2S. The Balaban J connectivity index is 2.66. The van der Waals surface area contributed by atoms with E-state index in [1.165, 1.54) is 6.07 Å². The third kappa shape index (κ3) is 3.73. The first kappa shape index (κ1) is 19.1. The molecule has 0 saturated carbocycles. The number of nitrogens with two attached hydrogens (primary N) is 1. The Hall–Kier alpha value is -2.22. The monoisotopic (exact) mass is 372 g/mol.